The third-order valence-electron chi connectivity index (χ3n) is 5.20. The first-order valence-corrected chi connectivity index (χ1v) is 10.5. The molecule has 0 unspecified atom stereocenters. The molecule has 2 aromatic rings. The number of amides is 1. The first kappa shape index (κ1) is 22.5. The fourth-order valence-corrected chi connectivity index (χ4v) is 3.89. The highest BCUT2D eigenvalue weighted by molar-refractivity contribution is 5.72. The number of hydrogen-bond donors (Lipinski definition) is 1. The summed E-state index contributed by atoms with van der Waals surface area (Å²) in [6, 6.07) is 13.6. The summed E-state index contributed by atoms with van der Waals surface area (Å²) in [6.45, 7) is 8.45. The van der Waals surface area contributed by atoms with E-state index in [0.717, 1.165) is 23.4 Å². The summed E-state index contributed by atoms with van der Waals surface area (Å²) < 4.78 is 16.6. The molecule has 1 amide bonds. The fourth-order valence-electron chi connectivity index (χ4n) is 3.89. The van der Waals surface area contributed by atoms with E-state index in [0.29, 0.717) is 11.5 Å². The Kier molecular flexibility index (Phi) is 6.78. The Morgan fingerprint density at radius 2 is 1.71 bits per heavy atom. The van der Waals surface area contributed by atoms with Crippen LogP contribution in [0.25, 0.3) is 6.08 Å². The van der Waals surface area contributed by atoms with Crippen molar-refractivity contribution in [1.29, 1.82) is 0 Å². The number of nitrogens with one attached hydrogen (secondary N) is 1. The Hall–Kier alpha value is -3.15. The average molecular weight is 425 g/mol. The normalized spacial score (nSPS) is 17.5. The van der Waals surface area contributed by atoms with Gasteiger partial charge in [-0.25, -0.2) is 4.79 Å². The molecule has 1 aliphatic rings. The number of anilines is 1. The Labute approximate surface area is 184 Å². The van der Waals surface area contributed by atoms with Gasteiger partial charge in [0.25, 0.3) is 0 Å². The Bertz CT molecular complexity index is 935. The number of carbonyl (C=O) groups excluding carboxylic acids is 1. The standard InChI is InChI=1S/C25H32N2O4/c1-7-27(18-11-9-8-10-12-18)20-14-13-17-15-21(29-5)22(30-6)16-19(17)23(20)26-24(28)31-25(2,3)4/h8-16,20,23H,7H2,1-6H3,(H,26,28)/t20-,23-/m1/s1. The van der Waals surface area contributed by atoms with Gasteiger partial charge < -0.3 is 24.4 Å². The summed E-state index contributed by atoms with van der Waals surface area (Å²) in [5.74, 6) is 1.27. The van der Waals surface area contributed by atoms with Crippen LogP contribution in [0.4, 0.5) is 10.5 Å². The zero-order chi connectivity index (χ0) is 22.6. The number of alkyl carbamates (subject to hydrolysis) is 1. The van der Waals surface area contributed by atoms with Gasteiger partial charge in [-0.05, 0) is 63.1 Å². The number of para-hydroxylation sites is 1. The van der Waals surface area contributed by atoms with Gasteiger partial charge in [0.05, 0.1) is 26.3 Å². The number of carbonyl (C=O) groups is 1. The van der Waals surface area contributed by atoms with Crippen LogP contribution in [-0.4, -0.2) is 38.5 Å². The highest BCUT2D eigenvalue weighted by Crippen LogP contribution is 2.39. The molecule has 0 spiro atoms. The lowest BCUT2D eigenvalue weighted by Crippen LogP contribution is -2.48. The lowest BCUT2D eigenvalue weighted by atomic mass is 9.87. The molecule has 6 heteroatoms. The maximum atomic E-state index is 12.8. The molecule has 1 aliphatic carbocycles. The second-order valence-electron chi connectivity index (χ2n) is 8.43. The average Bonchev–Trinajstić information content (AvgIpc) is 2.74. The van der Waals surface area contributed by atoms with Crippen LogP contribution in [0.5, 0.6) is 11.5 Å². The van der Waals surface area contributed by atoms with Crippen molar-refractivity contribution in [2.24, 2.45) is 0 Å². The Morgan fingerprint density at radius 1 is 1.06 bits per heavy atom. The summed E-state index contributed by atoms with van der Waals surface area (Å²) in [6.07, 6.45) is 3.73. The summed E-state index contributed by atoms with van der Waals surface area (Å²) in [7, 11) is 3.23. The molecular formula is C25H32N2O4. The number of fused-ring (bicyclic) bond motifs is 1. The van der Waals surface area contributed by atoms with Crippen LogP contribution >= 0.6 is 0 Å². The maximum absolute atomic E-state index is 12.8. The van der Waals surface area contributed by atoms with E-state index in [-0.39, 0.29) is 12.1 Å². The van der Waals surface area contributed by atoms with E-state index in [4.69, 9.17) is 14.2 Å². The van der Waals surface area contributed by atoms with E-state index >= 15 is 0 Å². The van der Waals surface area contributed by atoms with Gasteiger partial charge >= 0.3 is 6.09 Å². The van der Waals surface area contributed by atoms with Crippen LogP contribution in [0.1, 0.15) is 44.9 Å². The molecule has 6 nitrogen and oxygen atoms in total. The van der Waals surface area contributed by atoms with Gasteiger partial charge in [0.15, 0.2) is 11.5 Å². The number of methoxy groups -OCH3 is 2. The van der Waals surface area contributed by atoms with E-state index in [1.165, 1.54) is 0 Å². The molecule has 2 atom stereocenters. The van der Waals surface area contributed by atoms with Crippen molar-refractivity contribution in [3.8, 4) is 11.5 Å². The molecule has 1 N–H and O–H groups in total. The van der Waals surface area contributed by atoms with E-state index in [2.05, 4.69) is 41.4 Å². The van der Waals surface area contributed by atoms with Crippen molar-refractivity contribution in [2.45, 2.75) is 45.4 Å². The van der Waals surface area contributed by atoms with Crippen LogP contribution in [0.2, 0.25) is 0 Å². The molecule has 0 aliphatic heterocycles. The molecule has 0 radical (unpaired) electrons. The third kappa shape index (κ3) is 5.13. The van der Waals surface area contributed by atoms with Crippen LogP contribution < -0.4 is 19.7 Å². The van der Waals surface area contributed by atoms with E-state index in [1.807, 2.05) is 51.1 Å². The summed E-state index contributed by atoms with van der Waals surface area (Å²) in [5, 5.41) is 3.10. The lowest BCUT2D eigenvalue weighted by molar-refractivity contribution is 0.0498. The molecule has 2 aromatic carbocycles. The molecular weight excluding hydrogens is 392 g/mol. The van der Waals surface area contributed by atoms with Gasteiger partial charge in [0.1, 0.15) is 5.60 Å². The second-order valence-corrected chi connectivity index (χ2v) is 8.43. The predicted molar refractivity (Wildman–Crippen MR) is 124 cm³/mol. The van der Waals surface area contributed by atoms with E-state index < -0.39 is 11.7 Å². The van der Waals surface area contributed by atoms with Gasteiger partial charge in [-0.1, -0.05) is 30.4 Å². The van der Waals surface area contributed by atoms with Crippen molar-refractivity contribution >= 4 is 17.9 Å². The summed E-state index contributed by atoms with van der Waals surface area (Å²) in [5.41, 5.74) is 2.41. The summed E-state index contributed by atoms with van der Waals surface area (Å²) >= 11 is 0. The number of ether oxygens (including phenoxy) is 3. The number of rotatable bonds is 6. The zero-order valence-electron chi connectivity index (χ0n) is 19.1. The molecule has 0 fully saturated rings. The topological polar surface area (TPSA) is 60.0 Å². The van der Waals surface area contributed by atoms with Gasteiger partial charge in [-0.2, -0.15) is 0 Å². The minimum absolute atomic E-state index is 0.106. The van der Waals surface area contributed by atoms with Gasteiger partial charge in [0.2, 0.25) is 0 Å². The zero-order valence-corrected chi connectivity index (χ0v) is 19.1. The monoisotopic (exact) mass is 424 g/mol. The Morgan fingerprint density at radius 3 is 2.29 bits per heavy atom. The summed E-state index contributed by atoms with van der Waals surface area (Å²) in [4.78, 5) is 15.0. The minimum Gasteiger partial charge on any atom is -0.493 e. The van der Waals surface area contributed by atoms with Crippen LogP contribution in [0, 0.1) is 0 Å². The van der Waals surface area contributed by atoms with Crippen LogP contribution in [-0.2, 0) is 4.74 Å². The first-order chi connectivity index (χ1) is 14.8. The van der Waals surface area contributed by atoms with E-state index in [9.17, 15) is 4.79 Å². The molecule has 166 valence electrons. The van der Waals surface area contributed by atoms with Gasteiger partial charge in [0, 0.05) is 12.2 Å². The van der Waals surface area contributed by atoms with Crippen molar-refractivity contribution < 1.29 is 19.0 Å². The van der Waals surface area contributed by atoms with Crippen molar-refractivity contribution in [3.05, 3.63) is 59.7 Å². The van der Waals surface area contributed by atoms with E-state index in [1.54, 1.807) is 14.2 Å². The molecule has 0 aromatic heterocycles. The lowest BCUT2D eigenvalue weighted by Gasteiger charge is -2.39. The number of benzene rings is 2. The van der Waals surface area contributed by atoms with Crippen molar-refractivity contribution in [2.75, 3.05) is 25.7 Å². The molecule has 0 heterocycles. The molecule has 0 saturated carbocycles. The smallest absolute Gasteiger partial charge is 0.408 e. The number of likely N-dealkylation sites (N-methyl/N-ethyl adjacent to an activating group) is 1. The second kappa shape index (κ2) is 9.33. The largest absolute Gasteiger partial charge is 0.493 e. The van der Waals surface area contributed by atoms with Gasteiger partial charge in [-0.15, -0.1) is 0 Å². The molecule has 31 heavy (non-hydrogen) atoms. The Balaban J connectivity index is 2.06. The maximum Gasteiger partial charge on any atom is 0.408 e. The fraction of sp³-hybridized carbons (Fsp3) is 0.400. The number of hydrogen-bond acceptors (Lipinski definition) is 5. The first-order valence-electron chi connectivity index (χ1n) is 10.5. The SMILES string of the molecule is CCN(c1ccccc1)[C@@H]1C=Cc2cc(OC)c(OC)cc2[C@H]1NC(=O)OC(C)(C)C. The quantitative estimate of drug-likeness (QED) is 0.691. The molecule has 3 rings (SSSR count). The van der Waals surface area contributed by atoms with Gasteiger partial charge in [-0.3, -0.25) is 0 Å². The molecule has 0 saturated heterocycles. The third-order valence-corrected chi connectivity index (χ3v) is 5.20. The van der Waals surface area contributed by atoms with Crippen molar-refractivity contribution in [3.63, 3.8) is 0 Å². The highest BCUT2D eigenvalue weighted by Gasteiger charge is 2.34. The van der Waals surface area contributed by atoms with Crippen LogP contribution in [0.3, 0.4) is 0 Å². The predicted octanol–water partition coefficient (Wildman–Crippen LogP) is 5.19. The highest BCUT2D eigenvalue weighted by atomic mass is 16.6. The molecule has 0 bridgehead atoms. The van der Waals surface area contributed by atoms with Crippen LogP contribution in [0.15, 0.2) is 48.5 Å². The van der Waals surface area contributed by atoms with Crippen molar-refractivity contribution in [1.82, 2.24) is 5.32 Å². The minimum atomic E-state index is -0.589. The number of nitrogens with zero attached hydrogens (tertiary/aromatic N) is 1.